The highest BCUT2D eigenvalue weighted by atomic mass is 15.5. The van der Waals surface area contributed by atoms with Gasteiger partial charge in [0, 0.05) is 25.2 Å². The number of hydrogen-bond donors (Lipinski definition) is 2. The SMILES string of the molecule is C=C.CNCCCC(C1=CCNN1C)c1ccccc1. The molecule has 2 rings (SSSR count). The van der Waals surface area contributed by atoms with Gasteiger partial charge in [-0.05, 0) is 38.1 Å². The Balaban J connectivity index is 0.000000956. The van der Waals surface area contributed by atoms with E-state index < -0.39 is 0 Å². The van der Waals surface area contributed by atoms with Gasteiger partial charge in [-0.3, -0.25) is 0 Å². The number of allylic oxidation sites excluding steroid dienone is 1. The van der Waals surface area contributed by atoms with E-state index in [4.69, 9.17) is 0 Å². The topological polar surface area (TPSA) is 27.3 Å². The van der Waals surface area contributed by atoms with Gasteiger partial charge < -0.3 is 10.3 Å². The molecule has 2 N–H and O–H groups in total. The lowest BCUT2D eigenvalue weighted by molar-refractivity contribution is 0.319. The van der Waals surface area contributed by atoms with Gasteiger partial charge in [0.25, 0.3) is 0 Å². The molecule has 0 fully saturated rings. The molecule has 0 bridgehead atoms. The van der Waals surface area contributed by atoms with Crippen molar-refractivity contribution in [3.8, 4) is 0 Å². The normalized spacial score (nSPS) is 15.3. The highest BCUT2D eigenvalue weighted by Gasteiger charge is 2.22. The molecule has 1 heterocycles. The quantitative estimate of drug-likeness (QED) is 0.616. The standard InChI is InChI=1S/C15H23N3.C2H4/c1-16-11-6-9-14(13-7-4-3-5-8-13)15-10-12-17-18(15)2;1-2/h3-5,7-8,10,14,16-17H,6,9,11-12H2,1-2H3;1-2H2. The minimum atomic E-state index is 0.500. The van der Waals surface area contributed by atoms with Gasteiger partial charge in [-0.1, -0.05) is 30.3 Å². The van der Waals surface area contributed by atoms with Crippen molar-refractivity contribution in [1.29, 1.82) is 0 Å². The van der Waals surface area contributed by atoms with Gasteiger partial charge >= 0.3 is 0 Å². The summed E-state index contributed by atoms with van der Waals surface area (Å²) < 4.78 is 0. The summed E-state index contributed by atoms with van der Waals surface area (Å²) in [5.41, 5.74) is 6.15. The maximum atomic E-state index is 3.34. The molecule has 0 saturated carbocycles. The molecule has 1 aromatic rings. The van der Waals surface area contributed by atoms with E-state index in [2.05, 4.69) is 72.4 Å². The zero-order chi connectivity index (χ0) is 14.8. The second-order valence-corrected chi connectivity index (χ2v) is 4.76. The second-order valence-electron chi connectivity index (χ2n) is 4.76. The van der Waals surface area contributed by atoms with Crippen LogP contribution in [0.2, 0.25) is 0 Å². The molecule has 1 aromatic carbocycles. The van der Waals surface area contributed by atoms with Crippen LogP contribution in [0.1, 0.15) is 24.3 Å². The maximum Gasteiger partial charge on any atom is 0.0351 e. The Kier molecular flexibility index (Phi) is 7.70. The minimum Gasteiger partial charge on any atom is -0.320 e. The van der Waals surface area contributed by atoms with E-state index in [1.165, 1.54) is 24.1 Å². The van der Waals surface area contributed by atoms with E-state index in [-0.39, 0.29) is 0 Å². The predicted octanol–water partition coefficient (Wildman–Crippen LogP) is 2.91. The molecule has 3 heteroatoms. The zero-order valence-electron chi connectivity index (χ0n) is 12.7. The number of likely N-dealkylation sites (N-methyl/N-ethyl adjacent to an activating group) is 1. The van der Waals surface area contributed by atoms with Crippen molar-refractivity contribution in [3.63, 3.8) is 0 Å². The molecular formula is C17H27N3. The Bertz CT molecular complexity index is 400. The Labute approximate surface area is 123 Å². The van der Waals surface area contributed by atoms with Gasteiger partial charge in [0.2, 0.25) is 0 Å². The molecule has 0 radical (unpaired) electrons. The lowest BCUT2D eigenvalue weighted by Gasteiger charge is -2.25. The monoisotopic (exact) mass is 273 g/mol. The van der Waals surface area contributed by atoms with Crippen molar-refractivity contribution in [1.82, 2.24) is 15.8 Å². The number of hydrogen-bond acceptors (Lipinski definition) is 3. The van der Waals surface area contributed by atoms with E-state index in [0.29, 0.717) is 5.92 Å². The van der Waals surface area contributed by atoms with Crippen LogP contribution in [-0.2, 0) is 0 Å². The molecule has 110 valence electrons. The lowest BCUT2D eigenvalue weighted by Crippen LogP contribution is -2.29. The third kappa shape index (κ3) is 4.51. The van der Waals surface area contributed by atoms with Crippen LogP contribution in [0.15, 0.2) is 55.3 Å². The molecular weight excluding hydrogens is 246 g/mol. The second kappa shape index (κ2) is 9.34. The molecule has 1 unspecified atom stereocenters. The summed E-state index contributed by atoms with van der Waals surface area (Å²) >= 11 is 0. The lowest BCUT2D eigenvalue weighted by atomic mass is 9.91. The first-order valence-corrected chi connectivity index (χ1v) is 7.19. The fraction of sp³-hybridized carbons (Fsp3) is 0.412. The fourth-order valence-corrected chi connectivity index (χ4v) is 2.54. The number of benzene rings is 1. The number of hydrazine groups is 1. The van der Waals surface area contributed by atoms with Crippen molar-refractivity contribution >= 4 is 0 Å². The van der Waals surface area contributed by atoms with Gasteiger partial charge in [-0.25, -0.2) is 5.43 Å². The van der Waals surface area contributed by atoms with E-state index in [1.807, 2.05) is 7.05 Å². The maximum absolute atomic E-state index is 3.34. The number of nitrogens with zero attached hydrogens (tertiary/aromatic N) is 1. The van der Waals surface area contributed by atoms with Crippen LogP contribution in [0.25, 0.3) is 0 Å². The van der Waals surface area contributed by atoms with Crippen LogP contribution in [0, 0.1) is 0 Å². The van der Waals surface area contributed by atoms with E-state index >= 15 is 0 Å². The summed E-state index contributed by atoms with van der Waals surface area (Å²) in [6.45, 7) is 8.02. The van der Waals surface area contributed by atoms with Crippen molar-refractivity contribution < 1.29 is 0 Å². The summed E-state index contributed by atoms with van der Waals surface area (Å²) in [6.07, 6.45) is 4.68. The van der Waals surface area contributed by atoms with Crippen LogP contribution in [0.4, 0.5) is 0 Å². The van der Waals surface area contributed by atoms with Crippen LogP contribution in [-0.4, -0.2) is 32.2 Å². The Hall–Kier alpha value is -1.58. The Morgan fingerprint density at radius 1 is 1.30 bits per heavy atom. The summed E-state index contributed by atoms with van der Waals surface area (Å²) in [6, 6.07) is 10.8. The summed E-state index contributed by atoms with van der Waals surface area (Å²) in [4.78, 5) is 0. The Morgan fingerprint density at radius 3 is 2.55 bits per heavy atom. The molecule has 1 aliphatic rings. The van der Waals surface area contributed by atoms with E-state index in [1.54, 1.807) is 0 Å². The average Bonchev–Trinajstić information content (AvgIpc) is 2.93. The van der Waals surface area contributed by atoms with E-state index in [9.17, 15) is 0 Å². The van der Waals surface area contributed by atoms with Crippen molar-refractivity contribution in [2.75, 3.05) is 27.2 Å². The number of rotatable bonds is 6. The average molecular weight is 273 g/mol. The first kappa shape index (κ1) is 16.5. The van der Waals surface area contributed by atoms with Crippen LogP contribution < -0.4 is 10.7 Å². The smallest absolute Gasteiger partial charge is 0.0351 e. The minimum absolute atomic E-state index is 0.500. The molecule has 0 aliphatic carbocycles. The van der Waals surface area contributed by atoms with Gasteiger partial charge in [0.1, 0.15) is 0 Å². The molecule has 0 aromatic heterocycles. The van der Waals surface area contributed by atoms with Crippen molar-refractivity contribution in [2.24, 2.45) is 0 Å². The summed E-state index contributed by atoms with van der Waals surface area (Å²) in [7, 11) is 4.12. The van der Waals surface area contributed by atoms with Crippen LogP contribution >= 0.6 is 0 Å². The molecule has 20 heavy (non-hydrogen) atoms. The van der Waals surface area contributed by atoms with Gasteiger partial charge in [0.15, 0.2) is 0 Å². The summed E-state index contributed by atoms with van der Waals surface area (Å²) in [5.74, 6) is 0.500. The molecule has 3 nitrogen and oxygen atoms in total. The third-order valence-corrected chi connectivity index (χ3v) is 3.51. The fourth-order valence-electron chi connectivity index (χ4n) is 2.54. The third-order valence-electron chi connectivity index (χ3n) is 3.51. The molecule has 0 amide bonds. The first-order chi connectivity index (χ1) is 9.83. The molecule has 1 atom stereocenters. The highest BCUT2D eigenvalue weighted by Crippen LogP contribution is 2.31. The van der Waals surface area contributed by atoms with Crippen LogP contribution in [0.3, 0.4) is 0 Å². The van der Waals surface area contributed by atoms with Crippen molar-refractivity contribution in [3.05, 3.63) is 60.8 Å². The number of nitrogens with one attached hydrogen (secondary N) is 2. The summed E-state index contributed by atoms with van der Waals surface area (Å²) in [5, 5.41) is 5.39. The largest absolute Gasteiger partial charge is 0.320 e. The molecule has 1 aliphatic heterocycles. The van der Waals surface area contributed by atoms with Gasteiger partial charge in [0.05, 0.1) is 0 Å². The van der Waals surface area contributed by atoms with Crippen molar-refractivity contribution in [2.45, 2.75) is 18.8 Å². The Morgan fingerprint density at radius 2 is 2.00 bits per heavy atom. The van der Waals surface area contributed by atoms with Gasteiger partial charge in [-0.2, -0.15) is 0 Å². The van der Waals surface area contributed by atoms with E-state index in [0.717, 1.165) is 13.1 Å². The van der Waals surface area contributed by atoms with Gasteiger partial charge in [-0.15, -0.1) is 13.2 Å². The van der Waals surface area contributed by atoms with Crippen LogP contribution in [0.5, 0.6) is 0 Å². The highest BCUT2D eigenvalue weighted by molar-refractivity contribution is 5.29. The predicted molar refractivity (Wildman–Crippen MR) is 87.4 cm³/mol. The zero-order valence-corrected chi connectivity index (χ0v) is 12.7. The molecule has 0 saturated heterocycles. The first-order valence-electron chi connectivity index (χ1n) is 7.19. The molecule has 0 spiro atoms.